The van der Waals surface area contributed by atoms with E-state index in [-0.39, 0.29) is 11.7 Å². The zero-order valence-electron chi connectivity index (χ0n) is 12.3. The number of Topliss-reactive ketones (excluding diaryl/α,β-unsaturated/α-hetero) is 1. The lowest BCUT2D eigenvalue weighted by Gasteiger charge is -2.14. The van der Waals surface area contributed by atoms with E-state index in [0.717, 1.165) is 17.7 Å². The minimum atomic E-state index is -0.0954. The Labute approximate surface area is 125 Å². The van der Waals surface area contributed by atoms with Crippen molar-refractivity contribution in [3.8, 4) is 5.75 Å². The maximum Gasteiger partial charge on any atom is 0.170 e. The van der Waals surface area contributed by atoms with Crippen molar-refractivity contribution in [3.05, 3.63) is 65.7 Å². The van der Waals surface area contributed by atoms with E-state index >= 15 is 0 Å². The zero-order chi connectivity index (χ0) is 15.1. The van der Waals surface area contributed by atoms with Gasteiger partial charge in [-0.15, -0.1) is 0 Å². The number of ketones is 1. The highest BCUT2D eigenvalue weighted by atomic mass is 16.5. The SMILES string of the molecule is CCC(C(=O)c1ccc(OCCN)cc1)c1ccccc1. The largest absolute Gasteiger partial charge is 0.492 e. The van der Waals surface area contributed by atoms with Crippen LogP contribution in [0.3, 0.4) is 0 Å². The fourth-order valence-corrected chi connectivity index (χ4v) is 2.35. The fourth-order valence-electron chi connectivity index (χ4n) is 2.35. The van der Waals surface area contributed by atoms with Crippen molar-refractivity contribution in [2.24, 2.45) is 5.73 Å². The average molecular weight is 283 g/mol. The van der Waals surface area contributed by atoms with Gasteiger partial charge < -0.3 is 10.5 Å². The van der Waals surface area contributed by atoms with Crippen LogP contribution in [0.15, 0.2) is 54.6 Å². The van der Waals surface area contributed by atoms with E-state index in [9.17, 15) is 4.79 Å². The van der Waals surface area contributed by atoms with Gasteiger partial charge in [0.15, 0.2) is 5.78 Å². The third-order valence-corrected chi connectivity index (χ3v) is 3.45. The van der Waals surface area contributed by atoms with Gasteiger partial charge in [0.25, 0.3) is 0 Å². The maximum absolute atomic E-state index is 12.6. The molecule has 2 aromatic carbocycles. The number of ether oxygens (including phenoxy) is 1. The van der Waals surface area contributed by atoms with E-state index in [2.05, 4.69) is 0 Å². The highest BCUT2D eigenvalue weighted by molar-refractivity contribution is 6.01. The molecule has 110 valence electrons. The molecule has 0 aliphatic rings. The van der Waals surface area contributed by atoms with Crippen molar-refractivity contribution in [2.75, 3.05) is 13.2 Å². The van der Waals surface area contributed by atoms with Crippen LogP contribution in [0.25, 0.3) is 0 Å². The van der Waals surface area contributed by atoms with Gasteiger partial charge in [-0.3, -0.25) is 4.79 Å². The first-order valence-corrected chi connectivity index (χ1v) is 7.28. The second kappa shape index (κ2) is 7.60. The van der Waals surface area contributed by atoms with E-state index in [1.54, 1.807) is 0 Å². The third-order valence-electron chi connectivity index (χ3n) is 3.45. The molecule has 0 fully saturated rings. The smallest absolute Gasteiger partial charge is 0.170 e. The van der Waals surface area contributed by atoms with Crippen LogP contribution in [0.2, 0.25) is 0 Å². The first-order valence-electron chi connectivity index (χ1n) is 7.28. The van der Waals surface area contributed by atoms with Gasteiger partial charge in [-0.25, -0.2) is 0 Å². The van der Waals surface area contributed by atoms with Crippen LogP contribution in [0, 0.1) is 0 Å². The van der Waals surface area contributed by atoms with Crippen molar-refractivity contribution >= 4 is 5.78 Å². The summed E-state index contributed by atoms with van der Waals surface area (Å²) in [7, 11) is 0. The summed E-state index contributed by atoms with van der Waals surface area (Å²) in [4.78, 5) is 12.6. The number of nitrogens with two attached hydrogens (primary N) is 1. The molecule has 3 heteroatoms. The van der Waals surface area contributed by atoms with Crippen molar-refractivity contribution in [1.82, 2.24) is 0 Å². The third kappa shape index (κ3) is 3.92. The summed E-state index contributed by atoms with van der Waals surface area (Å²) in [6, 6.07) is 17.2. The van der Waals surface area contributed by atoms with E-state index in [4.69, 9.17) is 10.5 Å². The van der Waals surface area contributed by atoms with E-state index in [1.807, 2.05) is 61.5 Å². The molecule has 0 saturated carbocycles. The number of rotatable bonds is 7. The first-order chi connectivity index (χ1) is 10.3. The number of carbonyl (C=O) groups is 1. The Hall–Kier alpha value is -2.13. The number of hydrogen-bond acceptors (Lipinski definition) is 3. The minimum Gasteiger partial charge on any atom is -0.492 e. The molecule has 0 aromatic heterocycles. The Morgan fingerprint density at radius 3 is 2.33 bits per heavy atom. The minimum absolute atomic E-state index is 0.0954. The molecule has 0 aliphatic carbocycles. The van der Waals surface area contributed by atoms with Crippen LogP contribution >= 0.6 is 0 Å². The molecular formula is C18H21NO2. The lowest BCUT2D eigenvalue weighted by Crippen LogP contribution is -2.13. The fraction of sp³-hybridized carbons (Fsp3) is 0.278. The molecule has 1 unspecified atom stereocenters. The number of benzene rings is 2. The van der Waals surface area contributed by atoms with Crippen LogP contribution in [-0.2, 0) is 0 Å². The lowest BCUT2D eigenvalue weighted by molar-refractivity contribution is 0.0957. The molecule has 2 aromatic rings. The molecule has 1 atom stereocenters. The second-order valence-electron chi connectivity index (χ2n) is 4.90. The normalized spacial score (nSPS) is 11.9. The van der Waals surface area contributed by atoms with Crippen molar-refractivity contribution in [1.29, 1.82) is 0 Å². The topological polar surface area (TPSA) is 52.3 Å². The summed E-state index contributed by atoms with van der Waals surface area (Å²) in [6.45, 7) is 3.00. The molecule has 3 nitrogen and oxygen atoms in total. The number of carbonyl (C=O) groups excluding carboxylic acids is 1. The van der Waals surface area contributed by atoms with Gasteiger partial charge in [0.1, 0.15) is 12.4 Å². The molecule has 0 bridgehead atoms. The molecule has 2 rings (SSSR count). The van der Waals surface area contributed by atoms with Crippen molar-refractivity contribution in [2.45, 2.75) is 19.3 Å². The van der Waals surface area contributed by atoms with Crippen LogP contribution in [0.1, 0.15) is 35.2 Å². The van der Waals surface area contributed by atoms with Gasteiger partial charge in [0.05, 0.1) is 0 Å². The standard InChI is InChI=1S/C18H21NO2/c1-2-17(14-6-4-3-5-7-14)18(20)15-8-10-16(11-9-15)21-13-12-19/h3-11,17H,2,12-13,19H2,1H3. The first kappa shape index (κ1) is 15.3. The zero-order valence-corrected chi connectivity index (χ0v) is 12.3. The Morgan fingerprint density at radius 1 is 1.10 bits per heavy atom. The Morgan fingerprint density at radius 2 is 1.76 bits per heavy atom. The quantitative estimate of drug-likeness (QED) is 0.792. The molecule has 0 saturated heterocycles. The van der Waals surface area contributed by atoms with Gasteiger partial charge >= 0.3 is 0 Å². The number of hydrogen-bond donors (Lipinski definition) is 1. The van der Waals surface area contributed by atoms with E-state index in [0.29, 0.717) is 18.7 Å². The van der Waals surface area contributed by atoms with Gasteiger partial charge in [0.2, 0.25) is 0 Å². The molecule has 21 heavy (non-hydrogen) atoms. The summed E-state index contributed by atoms with van der Waals surface area (Å²) in [5.74, 6) is 0.792. The predicted octanol–water partition coefficient (Wildman–Crippen LogP) is 3.40. The summed E-state index contributed by atoms with van der Waals surface area (Å²) < 4.78 is 5.43. The monoisotopic (exact) mass is 283 g/mol. The van der Waals surface area contributed by atoms with E-state index < -0.39 is 0 Å². The van der Waals surface area contributed by atoms with Crippen LogP contribution in [0.5, 0.6) is 5.75 Å². The van der Waals surface area contributed by atoms with Gasteiger partial charge in [-0.1, -0.05) is 37.3 Å². The van der Waals surface area contributed by atoms with Crippen LogP contribution in [-0.4, -0.2) is 18.9 Å². The molecule has 0 heterocycles. The highest BCUT2D eigenvalue weighted by Crippen LogP contribution is 2.25. The Bertz CT molecular complexity index is 564. The molecule has 2 N–H and O–H groups in total. The lowest BCUT2D eigenvalue weighted by atomic mass is 9.89. The van der Waals surface area contributed by atoms with E-state index in [1.165, 1.54) is 0 Å². The molecule has 0 aliphatic heterocycles. The van der Waals surface area contributed by atoms with Crippen LogP contribution < -0.4 is 10.5 Å². The van der Waals surface area contributed by atoms with Crippen molar-refractivity contribution in [3.63, 3.8) is 0 Å². The summed E-state index contributed by atoms with van der Waals surface area (Å²) in [6.07, 6.45) is 0.786. The molecule has 0 spiro atoms. The molecular weight excluding hydrogens is 262 g/mol. The van der Waals surface area contributed by atoms with Gasteiger partial charge in [0, 0.05) is 18.0 Å². The predicted molar refractivity (Wildman–Crippen MR) is 84.8 cm³/mol. The summed E-state index contributed by atoms with van der Waals surface area (Å²) in [5, 5.41) is 0. The Kier molecular flexibility index (Phi) is 5.52. The second-order valence-corrected chi connectivity index (χ2v) is 4.90. The van der Waals surface area contributed by atoms with Crippen LogP contribution in [0.4, 0.5) is 0 Å². The average Bonchev–Trinajstić information content (AvgIpc) is 2.55. The van der Waals surface area contributed by atoms with Gasteiger partial charge in [-0.2, -0.15) is 0 Å². The Balaban J connectivity index is 2.14. The highest BCUT2D eigenvalue weighted by Gasteiger charge is 2.19. The summed E-state index contributed by atoms with van der Waals surface area (Å²) in [5.41, 5.74) is 7.17. The molecule has 0 radical (unpaired) electrons. The molecule has 0 amide bonds. The maximum atomic E-state index is 12.6. The van der Waals surface area contributed by atoms with Crippen molar-refractivity contribution < 1.29 is 9.53 Å². The van der Waals surface area contributed by atoms with Gasteiger partial charge in [-0.05, 0) is 36.2 Å². The summed E-state index contributed by atoms with van der Waals surface area (Å²) >= 11 is 0.